The van der Waals surface area contributed by atoms with Crippen LogP contribution in [0.2, 0.25) is 0 Å². The van der Waals surface area contributed by atoms with Gasteiger partial charge in [-0.3, -0.25) is 0 Å². The van der Waals surface area contributed by atoms with Crippen LogP contribution in [0.4, 0.5) is 4.79 Å². The van der Waals surface area contributed by atoms with Crippen molar-refractivity contribution in [3.05, 3.63) is 29.6 Å². The third-order valence-electron chi connectivity index (χ3n) is 2.67. The monoisotopic (exact) mass is 286 g/mol. The molecule has 5 nitrogen and oxygen atoms in total. The van der Waals surface area contributed by atoms with Crippen molar-refractivity contribution < 1.29 is 14.6 Å². The van der Waals surface area contributed by atoms with Gasteiger partial charge in [-0.1, -0.05) is 11.8 Å². The van der Waals surface area contributed by atoms with E-state index in [0.717, 1.165) is 10.9 Å². The van der Waals surface area contributed by atoms with Gasteiger partial charge in [0.2, 0.25) is 0 Å². The highest BCUT2D eigenvalue weighted by atomic mass is 16.6. The van der Waals surface area contributed by atoms with Gasteiger partial charge in [-0.2, -0.15) is 0 Å². The minimum atomic E-state index is -0.588. The molecule has 0 aromatic carbocycles. The highest BCUT2D eigenvalue weighted by Crippen LogP contribution is 2.21. The quantitative estimate of drug-likeness (QED) is 0.756. The van der Waals surface area contributed by atoms with E-state index < -0.39 is 11.7 Å². The van der Waals surface area contributed by atoms with Gasteiger partial charge >= 0.3 is 6.09 Å². The summed E-state index contributed by atoms with van der Waals surface area (Å²) in [4.78, 5) is 16.5. The van der Waals surface area contributed by atoms with Crippen LogP contribution in [0.3, 0.4) is 0 Å². The molecule has 0 saturated carbocycles. The Labute approximate surface area is 123 Å². The molecule has 0 spiro atoms. The molecule has 0 amide bonds. The van der Waals surface area contributed by atoms with Gasteiger partial charge in [0.25, 0.3) is 0 Å². The van der Waals surface area contributed by atoms with Crippen LogP contribution >= 0.6 is 0 Å². The van der Waals surface area contributed by atoms with E-state index in [1.165, 1.54) is 4.57 Å². The van der Waals surface area contributed by atoms with Gasteiger partial charge in [0.15, 0.2) is 5.65 Å². The number of hydrogen-bond donors (Lipinski definition) is 1. The van der Waals surface area contributed by atoms with Crippen LogP contribution in [0.5, 0.6) is 0 Å². The molecule has 110 valence electrons. The van der Waals surface area contributed by atoms with Crippen molar-refractivity contribution in [2.24, 2.45) is 0 Å². The molecule has 5 heteroatoms. The summed E-state index contributed by atoms with van der Waals surface area (Å²) < 4.78 is 6.71. The van der Waals surface area contributed by atoms with Crippen molar-refractivity contribution in [3.8, 4) is 11.8 Å². The SMILES string of the molecule is Cc1cnc2c(c1)c(C#CCO)cn2C(=O)OC(C)(C)C. The molecule has 0 atom stereocenters. The molecule has 0 fully saturated rings. The molecule has 1 N–H and O–H groups in total. The number of ether oxygens (including phenoxy) is 1. The summed E-state index contributed by atoms with van der Waals surface area (Å²) >= 11 is 0. The molecule has 0 saturated heterocycles. The van der Waals surface area contributed by atoms with Gasteiger partial charge in [0, 0.05) is 17.8 Å². The molecule has 2 rings (SSSR count). The number of aliphatic hydroxyl groups is 1. The summed E-state index contributed by atoms with van der Waals surface area (Å²) in [7, 11) is 0. The molecular formula is C16H18N2O3. The Bertz CT molecular complexity index is 742. The molecule has 0 aliphatic heterocycles. The van der Waals surface area contributed by atoms with Gasteiger partial charge in [-0.25, -0.2) is 14.3 Å². The van der Waals surface area contributed by atoms with E-state index in [-0.39, 0.29) is 6.61 Å². The summed E-state index contributed by atoms with van der Waals surface area (Å²) in [5.74, 6) is 5.42. The highest BCUT2D eigenvalue weighted by molar-refractivity contribution is 5.91. The number of hydrogen-bond acceptors (Lipinski definition) is 4. The van der Waals surface area contributed by atoms with Crippen LogP contribution in [0.25, 0.3) is 11.0 Å². The minimum absolute atomic E-state index is 0.238. The smallest absolute Gasteiger partial charge is 0.420 e. The molecule has 2 aromatic rings. The zero-order chi connectivity index (χ0) is 15.6. The second-order valence-corrected chi connectivity index (χ2v) is 5.74. The van der Waals surface area contributed by atoms with Gasteiger partial charge in [-0.15, -0.1) is 0 Å². The Morgan fingerprint density at radius 1 is 1.48 bits per heavy atom. The van der Waals surface area contributed by atoms with Crippen LogP contribution < -0.4 is 0 Å². The van der Waals surface area contributed by atoms with Gasteiger partial charge < -0.3 is 9.84 Å². The molecule has 2 heterocycles. The number of fused-ring (bicyclic) bond motifs is 1. The van der Waals surface area contributed by atoms with Crippen molar-refractivity contribution in [3.63, 3.8) is 0 Å². The number of aryl methyl sites for hydroxylation is 1. The summed E-state index contributed by atoms with van der Waals surface area (Å²) in [6.45, 7) is 7.10. The predicted molar refractivity (Wildman–Crippen MR) is 80.1 cm³/mol. The largest absolute Gasteiger partial charge is 0.443 e. The second kappa shape index (κ2) is 5.58. The van der Waals surface area contributed by atoms with Gasteiger partial charge in [-0.05, 0) is 39.3 Å². The summed E-state index contributed by atoms with van der Waals surface area (Å²) in [6.07, 6.45) is 2.78. The zero-order valence-corrected chi connectivity index (χ0v) is 12.6. The lowest BCUT2D eigenvalue weighted by Crippen LogP contribution is -2.26. The van der Waals surface area contributed by atoms with E-state index in [0.29, 0.717) is 11.2 Å². The van der Waals surface area contributed by atoms with E-state index >= 15 is 0 Å². The van der Waals surface area contributed by atoms with Crippen molar-refractivity contribution in [1.29, 1.82) is 0 Å². The molecule has 0 aliphatic rings. The lowest BCUT2D eigenvalue weighted by molar-refractivity contribution is 0.0543. The number of aliphatic hydroxyl groups excluding tert-OH is 1. The molecule has 2 aromatic heterocycles. The number of pyridine rings is 1. The Hall–Kier alpha value is -2.32. The Morgan fingerprint density at radius 3 is 2.81 bits per heavy atom. The highest BCUT2D eigenvalue weighted by Gasteiger charge is 2.21. The third kappa shape index (κ3) is 3.41. The van der Waals surface area contributed by atoms with Gasteiger partial charge in [0.05, 0.1) is 5.56 Å². The molecule has 21 heavy (non-hydrogen) atoms. The minimum Gasteiger partial charge on any atom is -0.443 e. The molecular weight excluding hydrogens is 268 g/mol. The van der Waals surface area contributed by atoms with Crippen molar-refractivity contribution in [2.45, 2.75) is 33.3 Å². The first-order valence-electron chi connectivity index (χ1n) is 6.62. The van der Waals surface area contributed by atoms with E-state index in [4.69, 9.17) is 9.84 Å². The maximum atomic E-state index is 12.2. The fraction of sp³-hybridized carbons (Fsp3) is 0.375. The fourth-order valence-electron chi connectivity index (χ4n) is 1.90. The number of carbonyl (C=O) groups is 1. The first-order chi connectivity index (χ1) is 9.81. The van der Waals surface area contributed by atoms with Crippen molar-refractivity contribution in [1.82, 2.24) is 9.55 Å². The Kier molecular flexibility index (Phi) is 4.01. The number of carbonyl (C=O) groups excluding carboxylic acids is 1. The number of aromatic nitrogens is 2. The maximum Gasteiger partial charge on any atom is 0.420 e. The first-order valence-corrected chi connectivity index (χ1v) is 6.62. The zero-order valence-electron chi connectivity index (χ0n) is 12.6. The normalized spacial score (nSPS) is 11.1. The summed E-state index contributed by atoms with van der Waals surface area (Å²) in [5, 5.41) is 9.60. The van der Waals surface area contributed by atoms with Crippen LogP contribution in [-0.2, 0) is 4.74 Å². The third-order valence-corrected chi connectivity index (χ3v) is 2.67. The van der Waals surface area contributed by atoms with Crippen molar-refractivity contribution in [2.75, 3.05) is 6.61 Å². The first kappa shape index (κ1) is 15.1. The lowest BCUT2D eigenvalue weighted by atomic mass is 10.2. The Morgan fingerprint density at radius 2 is 2.19 bits per heavy atom. The summed E-state index contributed by atoms with van der Waals surface area (Å²) in [6, 6.07) is 1.91. The lowest BCUT2D eigenvalue weighted by Gasteiger charge is -2.19. The van der Waals surface area contributed by atoms with Crippen LogP contribution in [0.1, 0.15) is 31.9 Å². The van der Waals surface area contributed by atoms with E-state index in [2.05, 4.69) is 16.8 Å². The topological polar surface area (TPSA) is 64.4 Å². The average Bonchev–Trinajstić information content (AvgIpc) is 2.72. The molecule has 0 unspecified atom stereocenters. The van der Waals surface area contributed by atoms with Gasteiger partial charge in [0.1, 0.15) is 12.2 Å². The maximum absolute atomic E-state index is 12.2. The fourth-order valence-corrected chi connectivity index (χ4v) is 1.90. The molecule has 0 bridgehead atoms. The second-order valence-electron chi connectivity index (χ2n) is 5.74. The predicted octanol–water partition coefficient (Wildman–Crippen LogP) is 2.47. The van der Waals surface area contributed by atoms with E-state index in [1.807, 2.05) is 13.0 Å². The molecule has 0 aliphatic carbocycles. The van der Waals surface area contributed by atoms with E-state index in [9.17, 15) is 4.79 Å². The number of nitrogens with zero attached hydrogens (tertiary/aromatic N) is 2. The number of rotatable bonds is 0. The standard InChI is InChI=1S/C16H18N2O3/c1-11-8-13-12(6-5-7-19)10-18(14(13)17-9-11)15(20)21-16(2,3)4/h8-10,19H,7H2,1-4H3. The molecule has 0 radical (unpaired) electrons. The van der Waals surface area contributed by atoms with Crippen LogP contribution in [0.15, 0.2) is 18.5 Å². The van der Waals surface area contributed by atoms with Crippen molar-refractivity contribution >= 4 is 17.1 Å². The average molecular weight is 286 g/mol. The van der Waals surface area contributed by atoms with E-state index in [1.54, 1.807) is 33.2 Å². The van der Waals surface area contributed by atoms with Crippen LogP contribution in [0, 0.1) is 18.8 Å². The Balaban J connectivity index is 2.57. The summed E-state index contributed by atoms with van der Waals surface area (Å²) in [5.41, 5.74) is 1.52. The van der Waals surface area contributed by atoms with Crippen LogP contribution in [-0.4, -0.2) is 33.0 Å².